The van der Waals surface area contributed by atoms with Gasteiger partial charge in [-0.2, -0.15) is 0 Å². The Morgan fingerprint density at radius 3 is 2.08 bits per heavy atom. The normalized spacial score (nSPS) is 10.1. The molecule has 0 spiro atoms. The monoisotopic (exact) mass is 354 g/mol. The van der Waals surface area contributed by atoms with E-state index >= 15 is 0 Å². The summed E-state index contributed by atoms with van der Waals surface area (Å²) >= 11 is 0. The fraction of sp³-hybridized carbons (Fsp3) is 0.125. The van der Waals surface area contributed by atoms with Crippen molar-refractivity contribution in [2.24, 2.45) is 0 Å². The van der Waals surface area contributed by atoms with E-state index in [-0.39, 0.29) is 11.4 Å². The lowest BCUT2D eigenvalue weighted by Crippen LogP contribution is -2.29. The fourth-order valence-corrected chi connectivity index (χ4v) is 1.89. The number of benzene rings is 2. The molecule has 0 atom stereocenters. The zero-order chi connectivity index (χ0) is 18.6. The van der Waals surface area contributed by atoms with Gasteiger partial charge in [0.25, 0.3) is 0 Å². The molecule has 0 aromatic heterocycles. The highest BCUT2D eigenvalue weighted by molar-refractivity contribution is 6.43. The van der Waals surface area contributed by atoms with Crippen LogP contribution >= 0.6 is 0 Å². The molecule has 0 aliphatic carbocycles. The van der Waals surface area contributed by atoms with E-state index < -0.39 is 35.0 Å². The molecule has 132 valence electrons. The van der Waals surface area contributed by atoms with Crippen molar-refractivity contribution in [2.45, 2.75) is 0 Å². The maximum atomic E-state index is 13.5. The molecular weight excluding hydrogens is 341 g/mol. The molecule has 0 saturated heterocycles. The lowest BCUT2D eigenvalue weighted by molar-refractivity contribution is -0.133. The van der Waals surface area contributed by atoms with Crippen molar-refractivity contribution in [1.82, 2.24) is 0 Å². The number of ether oxygens (including phenoxy) is 2. The zero-order valence-corrected chi connectivity index (χ0v) is 13.2. The molecule has 0 fully saturated rings. The second-order valence-electron chi connectivity index (χ2n) is 4.70. The molecule has 0 aliphatic heterocycles. The van der Waals surface area contributed by atoms with Gasteiger partial charge in [0, 0.05) is 6.07 Å². The minimum atomic E-state index is -1.76. The molecule has 2 rings (SSSR count). The van der Waals surface area contributed by atoms with E-state index in [1.54, 1.807) is 6.07 Å². The minimum absolute atomic E-state index is 0.132. The van der Waals surface area contributed by atoms with E-state index in [9.17, 15) is 22.8 Å². The van der Waals surface area contributed by atoms with Crippen molar-refractivity contribution in [3.8, 4) is 11.5 Å². The zero-order valence-electron chi connectivity index (χ0n) is 13.2. The Kier molecular flexibility index (Phi) is 5.48. The van der Waals surface area contributed by atoms with Gasteiger partial charge in [-0.1, -0.05) is 0 Å². The smallest absolute Gasteiger partial charge is 0.314 e. The topological polar surface area (TPSA) is 76.7 Å². The van der Waals surface area contributed by atoms with E-state index in [4.69, 9.17) is 9.47 Å². The highest BCUT2D eigenvalue weighted by Crippen LogP contribution is 2.29. The van der Waals surface area contributed by atoms with Crippen molar-refractivity contribution in [3.05, 3.63) is 47.8 Å². The van der Waals surface area contributed by atoms with Gasteiger partial charge in [0.05, 0.1) is 25.6 Å². The number of hydrogen-bond acceptors (Lipinski definition) is 4. The highest BCUT2D eigenvalue weighted by Gasteiger charge is 2.20. The van der Waals surface area contributed by atoms with Crippen LogP contribution in [0.2, 0.25) is 0 Å². The third-order valence-corrected chi connectivity index (χ3v) is 3.14. The summed E-state index contributed by atoms with van der Waals surface area (Å²) in [5.41, 5.74) is -0.538. The molecule has 0 radical (unpaired) electrons. The van der Waals surface area contributed by atoms with Gasteiger partial charge in [0.1, 0.15) is 11.5 Å². The number of carbonyl (C=O) groups excluding carboxylic acids is 2. The molecule has 0 bridgehead atoms. The number of nitrogens with one attached hydrogen (secondary N) is 2. The van der Waals surface area contributed by atoms with Crippen LogP contribution in [0.15, 0.2) is 30.3 Å². The van der Waals surface area contributed by atoms with Gasteiger partial charge in [-0.25, -0.2) is 13.2 Å². The first-order valence-electron chi connectivity index (χ1n) is 6.85. The van der Waals surface area contributed by atoms with Crippen LogP contribution in [-0.4, -0.2) is 26.0 Å². The predicted molar refractivity (Wildman–Crippen MR) is 83.1 cm³/mol. The first-order chi connectivity index (χ1) is 11.9. The van der Waals surface area contributed by atoms with E-state index in [0.717, 1.165) is 6.07 Å². The molecule has 0 unspecified atom stereocenters. The predicted octanol–water partition coefficient (Wildman–Crippen LogP) is 2.70. The Hall–Kier alpha value is -3.23. The third kappa shape index (κ3) is 4.00. The Morgan fingerprint density at radius 2 is 1.48 bits per heavy atom. The number of carbonyl (C=O) groups is 2. The molecule has 2 amide bonds. The molecule has 2 aromatic carbocycles. The molecule has 0 heterocycles. The maximum Gasteiger partial charge on any atom is 0.314 e. The summed E-state index contributed by atoms with van der Waals surface area (Å²) in [4.78, 5) is 23.8. The molecule has 9 heteroatoms. The van der Waals surface area contributed by atoms with Crippen LogP contribution in [0.25, 0.3) is 0 Å². The number of hydrogen-bond donors (Lipinski definition) is 2. The third-order valence-electron chi connectivity index (χ3n) is 3.14. The van der Waals surface area contributed by atoms with Gasteiger partial charge in [0.15, 0.2) is 17.5 Å². The van der Waals surface area contributed by atoms with E-state index in [1.165, 1.54) is 26.4 Å². The summed E-state index contributed by atoms with van der Waals surface area (Å²) in [6.45, 7) is 0. The summed E-state index contributed by atoms with van der Waals surface area (Å²) in [7, 11) is 2.76. The SMILES string of the molecule is COc1ccc(OC)c(NC(=O)C(=O)Nc2ccc(F)c(F)c2F)c1. The Morgan fingerprint density at radius 1 is 0.840 bits per heavy atom. The van der Waals surface area contributed by atoms with Gasteiger partial charge >= 0.3 is 11.8 Å². The van der Waals surface area contributed by atoms with Crippen LogP contribution < -0.4 is 20.1 Å². The second kappa shape index (κ2) is 7.56. The van der Waals surface area contributed by atoms with E-state index in [0.29, 0.717) is 11.8 Å². The van der Waals surface area contributed by atoms with Crippen molar-refractivity contribution in [3.63, 3.8) is 0 Å². The molecule has 2 N–H and O–H groups in total. The lowest BCUT2D eigenvalue weighted by Gasteiger charge is -2.12. The van der Waals surface area contributed by atoms with Crippen molar-refractivity contribution < 1.29 is 32.2 Å². The minimum Gasteiger partial charge on any atom is -0.497 e. The lowest BCUT2D eigenvalue weighted by atomic mass is 10.2. The Labute approximate surface area is 140 Å². The number of rotatable bonds is 4. The average molecular weight is 354 g/mol. The molecule has 0 aliphatic rings. The number of amides is 2. The van der Waals surface area contributed by atoms with Crippen LogP contribution in [0.5, 0.6) is 11.5 Å². The summed E-state index contributed by atoms with van der Waals surface area (Å²) in [5, 5.41) is 4.12. The molecule has 6 nitrogen and oxygen atoms in total. The first-order valence-corrected chi connectivity index (χ1v) is 6.85. The summed E-state index contributed by atoms with van der Waals surface area (Å²) in [6, 6.07) is 5.90. The summed E-state index contributed by atoms with van der Waals surface area (Å²) in [5.74, 6) is -6.59. The van der Waals surface area contributed by atoms with Crippen LogP contribution in [0.4, 0.5) is 24.5 Å². The number of methoxy groups -OCH3 is 2. The average Bonchev–Trinajstić information content (AvgIpc) is 2.61. The van der Waals surface area contributed by atoms with Crippen molar-refractivity contribution >= 4 is 23.2 Å². The van der Waals surface area contributed by atoms with Crippen molar-refractivity contribution in [1.29, 1.82) is 0 Å². The summed E-state index contributed by atoms with van der Waals surface area (Å²) < 4.78 is 49.6. The largest absolute Gasteiger partial charge is 0.497 e. The Balaban J connectivity index is 2.16. The van der Waals surface area contributed by atoms with E-state index in [1.807, 2.05) is 5.32 Å². The van der Waals surface area contributed by atoms with Gasteiger partial charge < -0.3 is 20.1 Å². The highest BCUT2D eigenvalue weighted by atomic mass is 19.2. The summed E-state index contributed by atoms with van der Waals surface area (Å²) in [6.07, 6.45) is 0. The quantitative estimate of drug-likeness (QED) is 0.654. The number of anilines is 2. The molecular formula is C16H13F3N2O4. The van der Waals surface area contributed by atoms with Crippen LogP contribution in [0, 0.1) is 17.5 Å². The Bertz CT molecular complexity index is 827. The molecule has 0 saturated carbocycles. The van der Waals surface area contributed by atoms with Gasteiger partial charge in [-0.15, -0.1) is 0 Å². The maximum absolute atomic E-state index is 13.5. The van der Waals surface area contributed by atoms with E-state index in [2.05, 4.69) is 5.32 Å². The standard InChI is InChI=1S/C16H13F3N2O4/c1-24-8-3-6-12(25-2)11(7-8)21-16(23)15(22)20-10-5-4-9(17)13(18)14(10)19/h3-7H,1-2H3,(H,20,22)(H,21,23). The van der Waals surface area contributed by atoms with Gasteiger partial charge in [-0.05, 0) is 24.3 Å². The van der Waals surface area contributed by atoms with Gasteiger partial charge in [0.2, 0.25) is 0 Å². The van der Waals surface area contributed by atoms with Gasteiger partial charge in [-0.3, -0.25) is 9.59 Å². The molecule has 25 heavy (non-hydrogen) atoms. The van der Waals surface area contributed by atoms with Crippen LogP contribution in [0.1, 0.15) is 0 Å². The fourth-order valence-electron chi connectivity index (χ4n) is 1.89. The van der Waals surface area contributed by atoms with Crippen molar-refractivity contribution in [2.75, 3.05) is 24.9 Å². The second-order valence-corrected chi connectivity index (χ2v) is 4.70. The first kappa shape index (κ1) is 18.1. The van der Waals surface area contributed by atoms with Crippen LogP contribution in [0.3, 0.4) is 0 Å². The number of halogens is 3. The molecule has 2 aromatic rings. The van der Waals surface area contributed by atoms with Crippen LogP contribution in [-0.2, 0) is 9.59 Å².